The summed E-state index contributed by atoms with van der Waals surface area (Å²) in [4.78, 5) is 9.94. The molecular formula is C28H20BrClN2OS. The lowest BCUT2D eigenvalue weighted by Gasteiger charge is -2.38. The molecule has 0 fully saturated rings. The van der Waals surface area contributed by atoms with Gasteiger partial charge in [-0.25, -0.2) is 0 Å². The molecular weight excluding hydrogens is 528 g/mol. The average molecular weight is 548 g/mol. The Morgan fingerprint density at radius 3 is 2.50 bits per heavy atom. The highest BCUT2D eigenvalue weighted by Crippen LogP contribution is 2.56. The number of fused-ring (bicyclic) bond motifs is 3. The molecule has 2 unspecified atom stereocenters. The van der Waals surface area contributed by atoms with Crippen LogP contribution >= 0.6 is 39.3 Å². The fourth-order valence-corrected chi connectivity index (χ4v) is 6.83. The van der Waals surface area contributed by atoms with Gasteiger partial charge in [-0.05, 0) is 35.9 Å². The lowest BCUT2D eigenvalue weighted by molar-refractivity contribution is -0.0283. The van der Waals surface area contributed by atoms with Crippen LogP contribution in [0.5, 0.6) is 0 Å². The second-order valence-corrected chi connectivity index (χ2v) is 10.9. The van der Waals surface area contributed by atoms with Gasteiger partial charge in [-0.2, -0.15) is 0 Å². The quantitative estimate of drug-likeness (QED) is 0.257. The molecule has 34 heavy (non-hydrogen) atoms. The number of anilines is 1. The molecule has 0 aromatic heterocycles. The Hall–Kier alpha value is -2.73. The van der Waals surface area contributed by atoms with Crippen molar-refractivity contribution in [3.05, 3.63) is 129 Å². The lowest BCUT2D eigenvalue weighted by atomic mass is 9.92. The minimum absolute atomic E-state index is 0.0668. The summed E-state index contributed by atoms with van der Waals surface area (Å²) in [6, 6.07) is 35.1. The van der Waals surface area contributed by atoms with E-state index in [9.17, 15) is 0 Å². The van der Waals surface area contributed by atoms with Crippen LogP contribution < -0.4 is 4.90 Å². The van der Waals surface area contributed by atoms with Gasteiger partial charge >= 0.3 is 0 Å². The highest BCUT2D eigenvalue weighted by Gasteiger charge is 2.53. The van der Waals surface area contributed by atoms with E-state index in [1.165, 1.54) is 4.90 Å². The highest BCUT2D eigenvalue weighted by molar-refractivity contribution is 9.10. The fraction of sp³-hybridized carbons (Fsp3) is 0.107. The van der Waals surface area contributed by atoms with E-state index in [0.29, 0.717) is 6.42 Å². The van der Waals surface area contributed by atoms with Gasteiger partial charge in [0.25, 0.3) is 0 Å². The summed E-state index contributed by atoms with van der Waals surface area (Å²) in [6.07, 6.45) is 0.668. The van der Waals surface area contributed by atoms with Crippen molar-refractivity contribution in [1.82, 2.24) is 0 Å². The summed E-state index contributed by atoms with van der Waals surface area (Å²) < 4.78 is 0.997. The molecule has 2 heterocycles. The Balaban J connectivity index is 1.59. The maximum atomic E-state index is 6.71. The maximum absolute atomic E-state index is 6.71. The number of hydrogen-bond acceptors (Lipinski definition) is 4. The Bertz CT molecular complexity index is 1400. The summed E-state index contributed by atoms with van der Waals surface area (Å²) in [7, 11) is 0. The van der Waals surface area contributed by atoms with Crippen molar-refractivity contribution in [3.8, 4) is 0 Å². The molecule has 0 bridgehead atoms. The Morgan fingerprint density at radius 2 is 1.68 bits per heavy atom. The third-order valence-corrected chi connectivity index (χ3v) is 8.40. The van der Waals surface area contributed by atoms with E-state index >= 15 is 0 Å². The van der Waals surface area contributed by atoms with Gasteiger partial charge < -0.3 is 4.84 Å². The molecule has 3 nitrogen and oxygen atoms in total. The van der Waals surface area contributed by atoms with Crippen LogP contribution in [0.2, 0.25) is 5.02 Å². The normalized spacial score (nSPS) is 21.2. The molecule has 4 aromatic rings. The van der Waals surface area contributed by atoms with Gasteiger partial charge in [0.2, 0.25) is 5.72 Å². The molecule has 0 radical (unpaired) electrons. The number of para-hydroxylation sites is 1. The van der Waals surface area contributed by atoms with Crippen LogP contribution in [0, 0.1) is 0 Å². The minimum atomic E-state index is -0.817. The Kier molecular flexibility index (Phi) is 5.64. The van der Waals surface area contributed by atoms with Gasteiger partial charge in [0.1, 0.15) is 0 Å². The van der Waals surface area contributed by atoms with E-state index in [2.05, 4.69) is 87.6 Å². The zero-order valence-electron chi connectivity index (χ0n) is 18.1. The van der Waals surface area contributed by atoms with Crippen molar-refractivity contribution < 1.29 is 4.84 Å². The number of halogens is 2. The summed E-state index contributed by atoms with van der Waals surface area (Å²) in [6.45, 7) is 0. The van der Waals surface area contributed by atoms with Crippen molar-refractivity contribution >= 4 is 50.8 Å². The van der Waals surface area contributed by atoms with Gasteiger partial charge in [0.05, 0.1) is 5.69 Å². The number of benzene rings is 4. The number of rotatable bonds is 3. The third kappa shape index (κ3) is 3.63. The minimum Gasteiger partial charge on any atom is -0.360 e. The van der Waals surface area contributed by atoms with Crippen LogP contribution in [0.4, 0.5) is 5.69 Å². The first-order chi connectivity index (χ1) is 16.7. The van der Waals surface area contributed by atoms with Crippen LogP contribution in [-0.4, -0.2) is 5.84 Å². The molecule has 4 aromatic carbocycles. The first-order valence-electron chi connectivity index (χ1n) is 11.0. The van der Waals surface area contributed by atoms with Crippen molar-refractivity contribution in [1.29, 1.82) is 0 Å². The molecule has 0 amide bonds. The van der Waals surface area contributed by atoms with Gasteiger partial charge in [0.15, 0.2) is 5.84 Å². The monoisotopic (exact) mass is 546 g/mol. The van der Waals surface area contributed by atoms with Crippen LogP contribution in [0.25, 0.3) is 0 Å². The molecule has 0 aliphatic carbocycles. The number of oxime groups is 1. The second-order valence-electron chi connectivity index (χ2n) is 8.30. The van der Waals surface area contributed by atoms with E-state index in [0.717, 1.165) is 37.7 Å². The summed E-state index contributed by atoms with van der Waals surface area (Å²) >= 11 is 12.2. The summed E-state index contributed by atoms with van der Waals surface area (Å²) in [5.41, 5.74) is 3.39. The van der Waals surface area contributed by atoms with Crippen LogP contribution in [-0.2, 0) is 10.6 Å². The molecule has 168 valence electrons. The van der Waals surface area contributed by atoms with Crippen molar-refractivity contribution in [2.45, 2.75) is 22.3 Å². The predicted octanol–water partition coefficient (Wildman–Crippen LogP) is 8.39. The molecule has 0 spiro atoms. The lowest BCUT2D eigenvalue weighted by Crippen LogP contribution is -2.47. The van der Waals surface area contributed by atoms with Crippen molar-refractivity contribution in [2.24, 2.45) is 5.16 Å². The number of hydrogen-bond donors (Lipinski definition) is 0. The van der Waals surface area contributed by atoms with E-state index in [1.54, 1.807) is 0 Å². The highest BCUT2D eigenvalue weighted by atomic mass is 79.9. The maximum Gasteiger partial charge on any atom is 0.242 e. The molecule has 6 rings (SSSR count). The van der Waals surface area contributed by atoms with Crippen molar-refractivity contribution in [2.75, 3.05) is 4.90 Å². The average Bonchev–Trinajstić information content (AvgIpc) is 3.18. The van der Waals surface area contributed by atoms with E-state index < -0.39 is 5.72 Å². The topological polar surface area (TPSA) is 24.8 Å². The predicted molar refractivity (Wildman–Crippen MR) is 143 cm³/mol. The zero-order valence-corrected chi connectivity index (χ0v) is 21.2. The molecule has 2 atom stereocenters. The number of thioether (sulfide) groups is 1. The Labute approximate surface area is 216 Å². The Morgan fingerprint density at radius 1 is 0.912 bits per heavy atom. The van der Waals surface area contributed by atoms with Gasteiger partial charge in [-0.3, -0.25) is 4.90 Å². The van der Waals surface area contributed by atoms with E-state index in [1.807, 2.05) is 48.2 Å². The summed E-state index contributed by atoms with van der Waals surface area (Å²) in [5.74, 6) is 0.790. The SMILES string of the molecule is Clc1ccccc1C1CC2(c3ccccc3)ON=C(c3cccc(Br)c3)N2c2ccccc2S1. The standard InChI is InChI=1S/C28H20BrClN2OS/c29-21-12-8-9-19(17-21)27-31-33-28(20-10-2-1-3-11-20)18-26(22-13-4-5-14-23(22)30)34-25-16-7-6-15-24(25)32(27)28/h1-17,26H,18H2. The molecule has 0 saturated heterocycles. The fourth-order valence-electron chi connectivity index (χ4n) is 4.71. The third-order valence-electron chi connectivity index (χ3n) is 6.25. The van der Waals surface area contributed by atoms with E-state index in [-0.39, 0.29) is 5.25 Å². The molecule has 0 N–H and O–H groups in total. The van der Waals surface area contributed by atoms with Gasteiger partial charge in [-0.15, -0.1) is 11.8 Å². The largest absolute Gasteiger partial charge is 0.360 e. The molecule has 6 heteroatoms. The van der Waals surface area contributed by atoms with Crippen molar-refractivity contribution in [3.63, 3.8) is 0 Å². The number of nitrogens with zero attached hydrogens (tertiary/aromatic N) is 2. The molecule has 2 aliphatic heterocycles. The zero-order chi connectivity index (χ0) is 23.1. The van der Waals surface area contributed by atoms with E-state index in [4.69, 9.17) is 21.6 Å². The number of amidine groups is 1. The molecule has 0 saturated carbocycles. The van der Waals surface area contributed by atoms with Crippen LogP contribution in [0.3, 0.4) is 0 Å². The molecule has 2 aliphatic rings. The van der Waals surface area contributed by atoms with Gasteiger partial charge in [0, 0.05) is 37.2 Å². The smallest absolute Gasteiger partial charge is 0.242 e. The summed E-state index contributed by atoms with van der Waals surface area (Å²) in [5, 5.41) is 5.54. The van der Waals surface area contributed by atoms with Gasteiger partial charge in [-0.1, -0.05) is 105 Å². The van der Waals surface area contributed by atoms with Crippen LogP contribution in [0.1, 0.15) is 28.4 Å². The van der Waals surface area contributed by atoms with Crippen LogP contribution in [0.15, 0.2) is 118 Å². The first kappa shape index (κ1) is 21.8. The second kappa shape index (κ2) is 8.81. The first-order valence-corrected chi connectivity index (χ1v) is 13.1.